The molecule has 1 aliphatic rings. The molecular formula is C16H19NS. The predicted molar refractivity (Wildman–Crippen MR) is 79.7 cm³/mol. The fourth-order valence-corrected chi connectivity index (χ4v) is 3.63. The molecule has 2 heterocycles. The number of thiophene rings is 1. The summed E-state index contributed by atoms with van der Waals surface area (Å²) in [5, 5.41) is 3.72. The van der Waals surface area contributed by atoms with Crippen LogP contribution < -0.4 is 5.32 Å². The van der Waals surface area contributed by atoms with E-state index >= 15 is 0 Å². The molecule has 1 aromatic heterocycles. The van der Waals surface area contributed by atoms with Crippen LogP contribution in [0.3, 0.4) is 0 Å². The first-order valence-electron chi connectivity index (χ1n) is 6.60. The van der Waals surface area contributed by atoms with E-state index in [9.17, 15) is 0 Å². The molecule has 2 aromatic rings. The Morgan fingerprint density at radius 3 is 2.72 bits per heavy atom. The molecule has 0 amide bonds. The third-order valence-corrected chi connectivity index (χ3v) is 4.77. The predicted octanol–water partition coefficient (Wildman–Crippen LogP) is 4.89. The van der Waals surface area contributed by atoms with Gasteiger partial charge in [0, 0.05) is 15.4 Å². The number of rotatable bonds is 2. The summed E-state index contributed by atoms with van der Waals surface area (Å²) in [6.45, 7) is 6.70. The van der Waals surface area contributed by atoms with Gasteiger partial charge < -0.3 is 5.32 Å². The molecule has 0 fully saturated rings. The van der Waals surface area contributed by atoms with Crippen LogP contribution in [0, 0.1) is 6.92 Å². The lowest BCUT2D eigenvalue weighted by Crippen LogP contribution is -2.04. The van der Waals surface area contributed by atoms with Gasteiger partial charge in [-0.3, -0.25) is 0 Å². The molecule has 18 heavy (non-hydrogen) atoms. The molecule has 0 radical (unpaired) electrons. The molecule has 2 heteroatoms. The van der Waals surface area contributed by atoms with Gasteiger partial charge in [0.1, 0.15) is 0 Å². The summed E-state index contributed by atoms with van der Waals surface area (Å²) in [4.78, 5) is 2.85. The van der Waals surface area contributed by atoms with Crippen molar-refractivity contribution in [3.63, 3.8) is 0 Å². The molecule has 1 atom stereocenters. The highest BCUT2D eigenvalue weighted by atomic mass is 32.1. The Bertz CT molecular complexity index is 568. The van der Waals surface area contributed by atoms with E-state index in [0.29, 0.717) is 12.0 Å². The van der Waals surface area contributed by atoms with E-state index in [1.165, 1.54) is 26.6 Å². The minimum atomic E-state index is 0.471. The summed E-state index contributed by atoms with van der Waals surface area (Å²) < 4.78 is 0. The van der Waals surface area contributed by atoms with Crippen molar-refractivity contribution >= 4 is 17.0 Å². The van der Waals surface area contributed by atoms with Crippen molar-refractivity contribution in [3.8, 4) is 0 Å². The Morgan fingerprint density at radius 2 is 2.06 bits per heavy atom. The zero-order valence-corrected chi connectivity index (χ0v) is 12.0. The van der Waals surface area contributed by atoms with E-state index in [4.69, 9.17) is 0 Å². The zero-order chi connectivity index (χ0) is 12.7. The Hall–Kier alpha value is -1.28. The van der Waals surface area contributed by atoms with E-state index in [-0.39, 0.29) is 0 Å². The number of nitrogens with one attached hydrogen (secondary N) is 1. The second kappa shape index (κ2) is 4.43. The third kappa shape index (κ3) is 1.95. The van der Waals surface area contributed by atoms with Gasteiger partial charge in [0.15, 0.2) is 0 Å². The molecule has 1 aliphatic heterocycles. The minimum Gasteiger partial charge on any atom is -0.377 e. The van der Waals surface area contributed by atoms with Crippen LogP contribution in [0.2, 0.25) is 0 Å². The van der Waals surface area contributed by atoms with Crippen LogP contribution in [0.1, 0.15) is 46.7 Å². The van der Waals surface area contributed by atoms with E-state index in [0.717, 1.165) is 6.42 Å². The van der Waals surface area contributed by atoms with Crippen LogP contribution in [0.25, 0.3) is 0 Å². The summed E-state index contributed by atoms with van der Waals surface area (Å²) >= 11 is 1.91. The van der Waals surface area contributed by atoms with Crippen molar-refractivity contribution in [3.05, 3.63) is 51.2 Å². The molecular weight excluding hydrogens is 238 g/mol. The zero-order valence-electron chi connectivity index (χ0n) is 11.2. The first kappa shape index (κ1) is 11.8. The Kier molecular flexibility index (Phi) is 2.90. The summed E-state index contributed by atoms with van der Waals surface area (Å²) in [6, 6.07) is 11.6. The fraction of sp³-hybridized carbons (Fsp3) is 0.375. The van der Waals surface area contributed by atoms with Gasteiger partial charge in [0.2, 0.25) is 0 Å². The molecule has 1 aromatic carbocycles. The Balaban J connectivity index is 1.93. The van der Waals surface area contributed by atoms with Crippen LogP contribution in [0.15, 0.2) is 30.3 Å². The maximum absolute atomic E-state index is 3.72. The van der Waals surface area contributed by atoms with Gasteiger partial charge in [-0.1, -0.05) is 32.0 Å². The normalized spacial score (nSPS) is 17.9. The molecule has 94 valence electrons. The minimum absolute atomic E-state index is 0.471. The molecule has 1 N–H and O–H groups in total. The standard InChI is InChI=1S/C16H19NS/c1-10(2)13-6-4-5-12-9-14(17-16(12)13)15-8-7-11(3)18-15/h4-8,10,14,17H,9H2,1-3H3. The number of anilines is 1. The molecule has 0 aliphatic carbocycles. The lowest BCUT2D eigenvalue weighted by atomic mass is 9.98. The SMILES string of the molecule is Cc1ccc(C2Cc3cccc(C(C)C)c3N2)s1. The number of aryl methyl sites for hydroxylation is 1. The number of hydrogen-bond donors (Lipinski definition) is 1. The van der Waals surface area contributed by atoms with Crippen LogP contribution in [-0.4, -0.2) is 0 Å². The van der Waals surface area contributed by atoms with Gasteiger partial charge in [-0.25, -0.2) is 0 Å². The van der Waals surface area contributed by atoms with Crippen molar-refractivity contribution in [2.45, 2.75) is 39.2 Å². The van der Waals surface area contributed by atoms with Gasteiger partial charge in [0.25, 0.3) is 0 Å². The Morgan fingerprint density at radius 1 is 1.22 bits per heavy atom. The average molecular weight is 257 g/mol. The highest BCUT2D eigenvalue weighted by molar-refractivity contribution is 7.12. The fourth-order valence-electron chi connectivity index (χ4n) is 2.70. The molecule has 0 saturated carbocycles. The number of benzene rings is 1. The monoisotopic (exact) mass is 257 g/mol. The number of para-hydroxylation sites is 1. The van der Waals surface area contributed by atoms with Crippen LogP contribution in [0.4, 0.5) is 5.69 Å². The maximum Gasteiger partial charge on any atom is 0.0647 e. The second-order valence-corrected chi connectivity index (χ2v) is 6.71. The third-order valence-electron chi connectivity index (χ3n) is 3.65. The van der Waals surface area contributed by atoms with Gasteiger partial charge >= 0.3 is 0 Å². The lowest BCUT2D eigenvalue weighted by molar-refractivity contribution is 0.839. The lowest BCUT2D eigenvalue weighted by Gasteiger charge is -2.13. The van der Waals surface area contributed by atoms with Crippen molar-refractivity contribution < 1.29 is 0 Å². The first-order valence-corrected chi connectivity index (χ1v) is 7.41. The topological polar surface area (TPSA) is 12.0 Å². The van der Waals surface area contributed by atoms with Crippen molar-refractivity contribution in [2.75, 3.05) is 5.32 Å². The number of hydrogen-bond acceptors (Lipinski definition) is 2. The molecule has 0 spiro atoms. The average Bonchev–Trinajstić information content (AvgIpc) is 2.93. The highest BCUT2D eigenvalue weighted by Crippen LogP contribution is 2.40. The largest absolute Gasteiger partial charge is 0.377 e. The number of fused-ring (bicyclic) bond motifs is 1. The maximum atomic E-state index is 3.72. The Labute approximate surface area is 113 Å². The van der Waals surface area contributed by atoms with E-state index in [1.807, 2.05) is 11.3 Å². The van der Waals surface area contributed by atoms with Crippen molar-refractivity contribution in [2.24, 2.45) is 0 Å². The van der Waals surface area contributed by atoms with Crippen LogP contribution >= 0.6 is 11.3 Å². The summed E-state index contributed by atoms with van der Waals surface area (Å²) in [5.74, 6) is 0.580. The van der Waals surface area contributed by atoms with Gasteiger partial charge in [-0.15, -0.1) is 11.3 Å². The van der Waals surface area contributed by atoms with Crippen LogP contribution in [-0.2, 0) is 6.42 Å². The van der Waals surface area contributed by atoms with Crippen molar-refractivity contribution in [1.82, 2.24) is 0 Å². The summed E-state index contributed by atoms with van der Waals surface area (Å²) in [5.41, 5.74) is 4.30. The molecule has 0 saturated heterocycles. The summed E-state index contributed by atoms with van der Waals surface area (Å²) in [6.07, 6.45) is 1.12. The molecule has 1 nitrogen and oxygen atoms in total. The van der Waals surface area contributed by atoms with E-state index in [2.05, 4.69) is 56.4 Å². The van der Waals surface area contributed by atoms with Gasteiger partial charge in [-0.05, 0) is 42.5 Å². The second-order valence-electron chi connectivity index (χ2n) is 5.39. The van der Waals surface area contributed by atoms with E-state index in [1.54, 1.807) is 0 Å². The smallest absolute Gasteiger partial charge is 0.0647 e. The van der Waals surface area contributed by atoms with E-state index < -0.39 is 0 Å². The quantitative estimate of drug-likeness (QED) is 0.807. The molecule has 1 unspecified atom stereocenters. The first-order chi connectivity index (χ1) is 8.65. The molecule has 3 rings (SSSR count). The van der Waals surface area contributed by atoms with Gasteiger partial charge in [-0.2, -0.15) is 0 Å². The highest BCUT2D eigenvalue weighted by Gasteiger charge is 2.25. The van der Waals surface area contributed by atoms with Gasteiger partial charge in [0.05, 0.1) is 6.04 Å². The molecule has 0 bridgehead atoms. The summed E-state index contributed by atoms with van der Waals surface area (Å²) in [7, 11) is 0. The van der Waals surface area contributed by atoms with Crippen LogP contribution in [0.5, 0.6) is 0 Å². The van der Waals surface area contributed by atoms with Crippen molar-refractivity contribution in [1.29, 1.82) is 0 Å².